The Kier molecular flexibility index (Phi) is 5.03. The maximum absolute atomic E-state index is 11.8. The molecule has 0 unspecified atom stereocenters. The van der Waals surface area contributed by atoms with Gasteiger partial charge in [-0.15, -0.1) is 0 Å². The predicted octanol–water partition coefficient (Wildman–Crippen LogP) is 3.70. The monoisotopic (exact) mass is 395 g/mol. The minimum atomic E-state index is -2.16. The summed E-state index contributed by atoms with van der Waals surface area (Å²) in [5, 5.41) is 46.2. The lowest BCUT2D eigenvalue weighted by Crippen LogP contribution is -2.30. The minimum absolute atomic E-state index is 0.206. The minimum Gasteiger partial charge on any atom is -0.376 e. The summed E-state index contributed by atoms with van der Waals surface area (Å²) in [5.74, 6) is 0. The number of hydrogen-bond donors (Lipinski definition) is 1. The zero-order valence-corrected chi connectivity index (χ0v) is 14.7. The highest BCUT2D eigenvalue weighted by atomic mass is 16.6. The quantitative estimate of drug-likeness (QED) is 0.380. The summed E-state index contributed by atoms with van der Waals surface area (Å²) < 4.78 is 0. The van der Waals surface area contributed by atoms with Gasteiger partial charge in [-0.1, -0.05) is 60.7 Å². The third-order valence-electron chi connectivity index (χ3n) is 4.46. The van der Waals surface area contributed by atoms with Crippen LogP contribution in [0.5, 0.6) is 0 Å². The Labute approximate surface area is 163 Å². The molecule has 0 aromatic heterocycles. The summed E-state index contributed by atoms with van der Waals surface area (Å²) in [7, 11) is 0. The highest BCUT2D eigenvalue weighted by Crippen LogP contribution is 2.47. The zero-order valence-electron chi connectivity index (χ0n) is 14.7. The third-order valence-corrected chi connectivity index (χ3v) is 4.46. The van der Waals surface area contributed by atoms with Crippen molar-refractivity contribution in [2.75, 3.05) is 0 Å². The van der Waals surface area contributed by atoms with E-state index in [1.165, 1.54) is 24.3 Å². The second-order valence-electron chi connectivity index (χ2n) is 6.04. The van der Waals surface area contributed by atoms with Gasteiger partial charge in [0, 0.05) is 6.07 Å². The van der Waals surface area contributed by atoms with Crippen LogP contribution in [0.3, 0.4) is 0 Å². The molecule has 1 N–H and O–H groups in total. The topological polar surface area (TPSA) is 150 Å². The Bertz CT molecular complexity index is 1060. The molecule has 0 aliphatic carbocycles. The van der Waals surface area contributed by atoms with Crippen LogP contribution >= 0.6 is 0 Å². The van der Waals surface area contributed by atoms with E-state index in [2.05, 4.69) is 0 Å². The lowest BCUT2D eigenvalue weighted by molar-refractivity contribution is -0.441. The van der Waals surface area contributed by atoms with Gasteiger partial charge < -0.3 is 5.11 Å². The Hall–Kier alpha value is -4.18. The van der Waals surface area contributed by atoms with Crippen molar-refractivity contribution < 1.29 is 19.9 Å². The SMILES string of the molecule is O=[N+]([O-])c1ccc(C(O)(c2ccccc2)c2ccccc2)c([N+](=O)[O-])c1[N+](=O)[O-]. The Morgan fingerprint density at radius 2 is 1.07 bits per heavy atom. The molecule has 3 aromatic carbocycles. The van der Waals surface area contributed by atoms with Crippen LogP contribution in [0.25, 0.3) is 0 Å². The molecule has 3 rings (SSSR count). The van der Waals surface area contributed by atoms with Gasteiger partial charge in [0.15, 0.2) is 0 Å². The van der Waals surface area contributed by atoms with Crippen molar-refractivity contribution in [1.29, 1.82) is 0 Å². The van der Waals surface area contributed by atoms with Gasteiger partial charge in [-0.25, -0.2) is 0 Å². The first kappa shape index (κ1) is 19.6. The van der Waals surface area contributed by atoms with E-state index in [9.17, 15) is 35.4 Å². The first-order chi connectivity index (χ1) is 13.8. The summed E-state index contributed by atoms with van der Waals surface area (Å²) in [5.41, 5.74) is -5.66. The standard InChI is InChI=1S/C19H13N3O7/c23-19(13-7-3-1-4-8-13,14-9-5-2-6-10-14)15-11-12-16(20(24)25)18(22(28)29)17(15)21(26)27/h1-12,23H. The van der Waals surface area contributed by atoms with E-state index in [1.54, 1.807) is 36.4 Å². The van der Waals surface area contributed by atoms with Crippen LogP contribution in [0.4, 0.5) is 17.1 Å². The highest BCUT2D eigenvalue weighted by Gasteiger charge is 2.47. The molecule has 0 saturated heterocycles. The number of aliphatic hydroxyl groups is 1. The van der Waals surface area contributed by atoms with Crippen LogP contribution in [-0.2, 0) is 5.60 Å². The molecular weight excluding hydrogens is 382 g/mol. The first-order valence-corrected chi connectivity index (χ1v) is 8.22. The number of hydrogen-bond acceptors (Lipinski definition) is 7. The van der Waals surface area contributed by atoms with E-state index in [1.807, 2.05) is 0 Å². The van der Waals surface area contributed by atoms with Crippen LogP contribution in [-0.4, -0.2) is 19.9 Å². The van der Waals surface area contributed by atoms with Crippen molar-refractivity contribution in [2.24, 2.45) is 0 Å². The number of nitro benzene ring substituents is 3. The normalized spacial score (nSPS) is 11.1. The molecule has 10 heteroatoms. The fourth-order valence-corrected chi connectivity index (χ4v) is 3.21. The Morgan fingerprint density at radius 3 is 1.45 bits per heavy atom. The van der Waals surface area contributed by atoms with Gasteiger partial charge in [-0.3, -0.25) is 30.3 Å². The van der Waals surface area contributed by atoms with E-state index >= 15 is 0 Å². The molecule has 146 valence electrons. The van der Waals surface area contributed by atoms with Gasteiger partial charge in [0.25, 0.3) is 0 Å². The van der Waals surface area contributed by atoms with Crippen LogP contribution in [0, 0.1) is 30.3 Å². The van der Waals surface area contributed by atoms with Crippen molar-refractivity contribution in [1.82, 2.24) is 0 Å². The summed E-state index contributed by atoms with van der Waals surface area (Å²) in [6, 6.07) is 17.5. The van der Waals surface area contributed by atoms with Crippen LogP contribution in [0.2, 0.25) is 0 Å². The summed E-state index contributed by atoms with van der Waals surface area (Å²) in [6.45, 7) is 0. The first-order valence-electron chi connectivity index (χ1n) is 8.22. The predicted molar refractivity (Wildman–Crippen MR) is 101 cm³/mol. The average Bonchev–Trinajstić information content (AvgIpc) is 2.73. The Balaban J connectivity index is 2.48. The van der Waals surface area contributed by atoms with Crippen molar-refractivity contribution in [3.05, 3.63) is 120 Å². The molecule has 3 aromatic rings. The van der Waals surface area contributed by atoms with E-state index in [0.717, 1.165) is 12.1 Å². The molecule has 0 amide bonds. The van der Waals surface area contributed by atoms with E-state index in [4.69, 9.17) is 0 Å². The third kappa shape index (κ3) is 3.28. The largest absolute Gasteiger partial charge is 0.422 e. The van der Waals surface area contributed by atoms with Gasteiger partial charge in [-0.05, 0) is 17.2 Å². The van der Waals surface area contributed by atoms with Crippen molar-refractivity contribution in [3.63, 3.8) is 0 Å². The molecule has 0 radical (unpaired) electrons. The lowest BCUT2D eigenvalue weighted by atomic mass is 9.79. The zero-order chi connectivity index (χ0) is 21.2. The fourth-order valence-electron chi connectivity index (χ4n) is 3.21. The molecule has 0 heterocycles. The molecule has 0 atom stereocenters. The van der Waals surface area contributed by atoms with Crippen molar-refractivity contribution in [2.45, 2.75) is 5.60 Å². The molecule has 29 heavy (non-hydrogen) atoms. The van der Waals surface area contributed by atoms with Crippen molar-refractivity contribution >= 4 is 17.1 Å². The molecule has 0 bridgehead atoms. The number of rotatable bonds is 6. The van der Waals surface area contributed by atoms with E-state index in [0.29, 0.717) is 0 Å². The summed E-state index contributed by atoms with van der Waals surface area (Å²) in [6.07, 6.45) is 0. The van der Waals surface area contributed by atoms with E-state index in [-0.39, 0.29) is 11.1 Å². The lowest BCUT2D eigenvalue weighted by Gasteiger charge is -2.29. The summed E-state index contributed by atoms with van der Waals surface area (Å²) in [4.78, 5) is 31.2. The maximum atomic E-state index is 11.8. The number of benzene rings is 3. The fraction of sp³-hybridized carbons (Fsp3) is 0.0526. The molecule has 0 saturated carbocycles. The molecule has 0 fully saturated rings. The van der Waals surface area contributed by atoms with E-state index < -0.39 is 43.0 Å². The van der Waals surface area contributed by atoms with Gasteiger partial charge in [-0.2, -0.15) is 0 Å². The van der Waals surface area contributed by atoms with Crippen molar-refractivity contribution in [3.8, 4) is 0 Å². The molecule has 0 aliphatic rings. The Morgan fingerprint density at radius 1 is 0.621 bits per heavy atom. The van der Waals surface area contributed by atoms with Gasteiger partial charge in [0.2, 0.25) is 0 Å². The van der Waals surface area contributed by atoms with Gasteiger partial charge >= 0.3 is 17.1 Å². The highest BCUT2D eigenvalue weighted by molar-refractivity contribution is 5.72. The second-order valence-corrected chi connectivity index (χ2v) is 6.04. The maximum Gasteiger partial charge on any atom is 0.422 e. The molecule has 10 nitrogen and oxygen atoms in total. The van der Waals surface area contributed by atoms with Crippen LogP contribution in [0.15, 0.2) is 72.8 Å². The number of nitro groups is 3. The molecule has 0 spiro atoms. The summed E-state index contributed by atoms with van der Waals surface area (Å²) >= 11 is 0. The number of nitrogens with zero attached hydrogens (tertiary/aromatic N) is 3. The van der Waals surface area contributed by atoms with Gasteiger partial charge in [0.05, 0.1) is 20.3 Å². The second kappa shape index (κ2) is 7.44. The van der Waals surface area contributed by atoms with Crippen LogP contribution < -0.4 is 0 Å². The van der Waals surface area contributed by atoms with Crippen LogP contribution in [0.1, 0.15) is 16.7 Å². The van der Waals surface area contributed by atoms with Gasteiger partial charge in [0.1, 0.15) is 5.60 Å². The smallest absolute Gasteiger partial charge is 0.376 e. The molecular formula is C19H13N3O7. The average molecular weight is 395 g/mol. The molecule has 0 aliphatic heterocycles.